The molecular weight excluding hydrogens is 613 g/mol. The Labute approximate surface area is 297 Å². The second-order valence-corrected chi connectivity index (χ2v) is 14.9. The number of hydrogen-bond donors (Lipinski definition) is 0. The van der Waals surface area contributed by atoms with E-state index in [4.69, 9.17) is 0 Å². The van der Waals surface area contributed by atoms with E-state index in [-0.39, 0.29) is 5.41 Å². The molecule has 0 bridgehead atoms. The van der Waals surface area contributed by atoms with Crippen LogP contribution in [0.2, 0.25) is 0 Å². The predicted octanol–water partition coefficient (Wildman–Crippen LogP) is 14.2. The van der Waals surface area contributed by atoms with Crippen molar-refractivity contribution in [3.63, 3.8) is 0 Å². The quantitative estimate of drug-likeness (QED) is 0.168. The smallest absolute Gasteiger partial charge is 0.0159 e. The number of rotatable bonds is 3. The molecule has 0 fully saturated rings. The highest BCUT2D eigenvalue weighted by Crippen LogP contribution is 2.51. The summed E-state index contributed by atoms with van der Waals surface area (Å²) < 4.78 is 0. The Morgan fingerprint density at radius 1 is 0.255 bits per heavy atom. The van der Waals surface area contributed by atoms with Crippen LogP contribution in [-0.4, -0.2) is 0 Å². The first-order valence-electron chi connectivity index (χ1n) is 18.0. The van der Waals surface area contributed by atoms with E-state index >= 15 is 0 Å². The van der Waals surface area contributed by atoms with Crippen molar-refractivity contribution in [2.75, 3.05) is 0 Å². The van der Waals surface area contributed by atoms with Gasteiger partial charge < -0.3 is 0 Å². The standard InChI is InChI=1S/C51H34/c1-51(2)47-21-9-19-43-42-26-24-36(30-46(42)44-20-10-22-48(51)50(44)49(43)47)34-14-8-12-32(28-34)31-11-7-13-33(27-31)35-23-25-41-39-17-4-3-15-37(39)38-16-5-6-18-40(38)45(41)29-35/h3-30H,1-2H3. The minimum atomic E-state index is -0.000552. The van der Waals surface area contributed by atoms with Crippen molar-refractivity contribution in [3.05, 3.63) is 181 Å². The van der Waals surface area contributed by atoms with Gasteiger partial charge in [0.15, 0.2) is 0 Å². The van der Waals surface area contributed by atoms with Gasteiger partial charge in [0.25, 0.3) is 0 Å². The fourth-order valence-corrected chi connectivity index (χ4v) is 9.30. The molecule has 0 atom stereocenters. The highest BCUT2D eigenvalue weighted by molar-refractivity contribution is 6.29. The molecule has 0 heteroatoms. The van der Waals surface area contributed by atoms with Gasteiger partial charge in [-0.05, 0) is 133 Å². The van der Waals surface area contributed by atoms with Gasteiger partial charge in [-0.2, -0.15) is 0 Å². The Hall–Kier alpha value is -6.24. The summed E-state index contributed by atoms with van der Waals surface area (Å²) in [5.41, 5.74) is 10.3. The molecule has 0 saturated carbocycles. The molecule has 0 radical (unpaired) electrons. The third-order valence-corrected chi connectivity index (χ3v) is 11.8. The largest absolute Gasteiger partial charge is 0.0616 e. The van der Waals surface area contributed by atoms with Crippen LogP contribution in [0.5, 0.6) is 0 Å². The maximum absolute atomic E-state index is 2.42. The molecule has 238 valence electrons. The molecule has 1 aliphatic carbocycles. The van der Waals surface area contributed by atoms with Crippen molar-refractivity contribution in [1.82, 2.24) is 0 Å². The van der Waals surface area contributed by atoms with Crippen molar-refractivity contribution < 1.29 is 0 Å². The molecule has 51 heavy (non-hydrogen) atoms. The Morgan fingerprint density at radius 3 is 1.04 bits per heavy atom. The summed E-state index contributed by atoms with van der Waals surface area (Å²) in [5.74, 6) is 0. The summed E-state index contributed by atoms with van der Waals surface area (Å²) in [6, 6.07) is 63.5. The maximum Gasteiger partial charge on any atom is 0.0159 e. The monoisotopic (exact) mass is 646 g/mol. The first-order chi connectivity index (χ1) is 25.0. The Morgan fingerprint density at radius 2 is 0.569 bits per heavy atom. The molecule has 10 aromatic carbocycles. The van der Waals surface area contributed by atoms with Gasteiger partial charge in [-0.1, -0.05) is 159 Å². The molecule has 0 aromatic heterocycles. The first kappa shape index (κ1) is 28.6. The van der Waals surface area contributed by atoms with Crippen LogP contribution in [0.3, 0.4) is 0 Å². The predicted molar refractivity (Wildman–Crippen MR) is 220 cm³/mol. The summed E-state index contributed by atoms with van der Waals surface area (Å²) in [6.45, 7) is 4.74. The first-order valence-corrected chi connectivity index (χ1v) is 18.0. The van der Waals surface area contributed by atoms with Crippen LogP contribution in [0.15, 0.2) is 170 Å². The van der Waals surface area contributed by atoms with Crippen LogP contribution < -0.4 is 0 Å². The summed E-state index contributed by atoms with van der Waals surface area (Å²) in [4.78, 5) is 0. The molecule has 1 aliphatic rings. The molecule has 11 rings (SSSR count). The zero-order valence-electron chi connectivity index (χ0n) is 28.7. The van der Waals surface area contributed by atoms with E-state index in [1.54, 1.807) is 0 Å². The molecule has 0 N–H and O–H groups in total. The Bertz CT molecular complexity index is 3070. The van der Waals surface area contributed by atoms with Crippen LogP contribution >= 0.6 is 0 Å². The van der Waals surface area contributed by atoms with Crippen molar-refractivity contribution >= 4 is 64.6 Å². The van der Waals surface area contributed by atoms with E-state index in [1.807, 2.05) is 0 Å². The van der Waals surface area contributed by atoms with Gasteiger partial charge in [0.05, 0.1) is 0 Å². The average molecular weight is 647 g/mol. The van der Waals surface area contributed by atoms with E-state index in [9.17, 15) is 0 Å². The second kappa shape index (κ2) is 10.4. The lowest BCUT2D eigenvalue weighted by Gasteiger charge is -2.21. The molecule has 10 aromatic rings. The van der Waals surface area contributed by atoms with Crippen molar-refractivity contribution in [2.24, 2.45) is 0 Å². The van der Waals surface area contributed by atoms with Crippen LogP contribution in [0, 0.1) is 0 Å². The molecule has 0 amide bonds. The van der Waals surface area contributed by atoms with Crippen LogP contribution in [0.1, 0.15) is 25.0 Å². The van der Waals surface area contributed by atoms with Crippen LogP contribution in [0.25, 0.3) is 98.0 Å². The van der Waals surface area contributed by atoms with Crippen molar-refractivity contribution in [3.8, 4) is 33.4 Å². The van der Waals surface area contributed by atoms with E-state index in [0.29, 0.717) is 0 Å². The van der Waals surface area contributed by atoms with E-state index in [1.165, 1.54) is 109 Å². The molecule has 0 aliphatic heterocycles. The third kappa shape index (κ3) is 4.02. The topological polar surface area (TPSA) is 0 Å². The van der Waals surface area contributed by atoms with Gasteiger partial charge >= 0.3 is 0 Å². The number of fused-ring (bicyclic) bond motifs is 9. The van der Waals surface area contributed by atoms with Crippen LogP contribution in [0.4, 0.5) is 0 Å². The number of benzene rings is 10. The van der Waals surface area contributed by atoms with E-state index in [2.05, 4.69) is 184 Å². The van der Waals surface area contributed by atoms with Crippen molar-refractivity contribution in [2.45, 2.75) is 19.3 Å². The molecule has 0 spiro atoms. The summed E-state index contributed by atoms with van der Waals surface area (Å²) in [6.07, 6.45) is 0. The van der Waals surface area contributed by atoms with Gasteiger partial charge in [0.1, 0.15) is 0 Å². The van der Waals surface area contributed by atoms with Gasteiger partial charge in [0.2, 0.25) is 0 Å². The summed E-state index contributed by atoms with van der Waals surface area (Å²) in [5, 5.41) is 16.1. The zero-order valence-corrected chi connectivity index (χ0v) is 28.7. The lowest BCUT2D eigenvalue weighted by atomic mass is 9.82. The number of hydrogen-bond acceptors (Lipinski definition) is 0. The lowest BCUT2D eigenvalue weighted by molar-refractivity contribution is 0.663. The second-order valence-electron chi connectivity index (χ2n) is 14.9. The van der Waals surface area contributed by atoms with E-state index in [0.717, 1.165) is 0 Å². The third-order valence-electron chi connectivity index (χ3n) is 11.8. The maximum atomic E-state index is 2.42. The molecule has 0 saturated heterocycles. The molecule has 0 heterocycles. The summed E-state index contributed by atoms with van der Waals surface area (Å²) in [7, 11) is 0. The van der Waals surface area contributed by atoms with Gasteiger partial charge in [-0.3, -0.25) is 0 Å². The lowest BCUT2D eigenvalue weighted by Crippen LogP contribution is -2.14. The fourth-order valence-electron chi connectivity index (χ4n) is 9.30. The van der Waals surface area contributed by atoms with Gasteiger partial charge in [-0.15, -0.1) is 0 Å². The molecular formula is C51H34. The minimum Gasteiger partial charge on any atom is -0.0616 e. The van der Waals surface area contributed by atoms with Gasteiger partial charge in [0, 0.05) is 5.41 Å². The molecule has 0 unspecified atom stereocenters. The van der Waals surface area contributed by atoms with E-state index < -0.39 is 0 Å². The normalized spacial score (nSPS) is 13.5. The van der Waals surface area contributed by atoms with Gasteiger partial charge in [-0.25, -0.2) is 0 Å². The Kier molecular flexibility index (Phi) is 5.82. The SMILES string of the molecule is CC1(C)c2cccc3c4ccc(-c5cccc(-c6cccc(-c7ccc8c9ccccc9c9ccccc9c8c7)c6)c5)cc4c4cccc1c4c23. The Balaban J connectivity index is 1.03. The highest BCUT2D eigenvalue weighted by Gasteiger charge is 2.34. The molecule has 0 nitrogen and oxygen atoms in total. The highest BCUT2D eigenvalue weighted by atomic mass is 14.4. The summed E-state index contributed by atoms with van der Waals surface area (Å²) >= 11 is 0. The fraction of sp³-hybridized carbons (Fsp3) is 0.0588. The minimum absolute atomic E-state index is 0.000552. The van der Waals surface area contributed by atoms with Crippen LogP contribution in [-0.2, 0) is 5.41 Å². The average Bonchev–Trinajstić information content (AvgIpc) is 3.44. The zero-order chi connectivity index (χ0) is 33.8. The van der Waals surface area contributed by atoms with Crippen molar-refractivity contribution in [1.29, 1.82) is 0 Å².